The Morgan fingerprint density at radius 1 is 0.860 bits per heavy atom. The zero-order valence-corrected chi connectivity index (χ0v) is 25.2. The Bertz CT molecular complexity index is 1450. The summed E-state index contributed by atoms with van der Waals surface area (Å²) < 4.78 is 53.4. The molecule has 2 amide bonds. The van der Waals surface area contributed by atoms with Crippen LogP contribution >= 0.6 is 0 Å². The van der Waals surface area contributed by atoms with Gasteiger partial charge in [0.15, 0.2) is 0 Å². The van der Waals surface area contributed by atoms with E-state index in [1.165, 1.54) is 41.3 Å². The number of amides is 2. The summed E-state index contributed by atoms with van der Waals surface area (Å²) in [5.74, 6) is -1.45. The van der Waals surface area contributed by atoms with Gasteiger partial charge in [-0.05, 0) is 66.8 Å². The van der Waals surface area contributed by atoms with Crippen molar-refractivity contribution >= 4 is 27.5 Å². The number of sulfonamides is 1. The van der Waals surface area contributed by atoms with Crippen molar-refractivity contribution in [2.75, 3.05) is 17.1 Å². The Morgan fingerprint density at radius 2 is 1.47 bits per heavy atom. The molecule has 1 aliphatic carbocycles. The van der Waals surface area contributed by atoms with E-state index < -0.39 is 27.7 Å². The molecule has 0 unspecified atom stereocenters. The molecule has 7 nitrogen and oxygen atoms in total. The predicted octanol–water partition coefficient (Wildman–Crippen LogP) is 5.60. The number of nitrogens with one attached hydrogen (secondary N) is 1. The number of nitrogens with zero attached hydrogens (tertiary/aromatic N) is 2. The zero-order valence-electron chi connectivity index (χ0n) is 24.4. The maximum Gasteiger partial charge on any atom is 0.243 e. The third-order valence-corrected chi connectivity index (χ3v) is 8.95. The molecule has 3 aromatic carbocycles. The summed E-state index contributed by atoms with van der Waals surface area (Å²) in [5.41, 5.74) is 1.86. The summed E-state index contributed by atoms with van der Waals surface area (Å²) >= 11 is 0. The number of halogens is 2. The lowest BCUT2D eigenvalue weighted by atomic mass is 9.94. The zero-order chi connectivity index (χ0) is 30.8. The van der Waals surface area contributed by atoms with Crippen molar-refractivity contribution in [2.45, 2.75) is 70.0 Å². The van der Waals surface area contributed by atoms with Crippen molar-refractivity contribution in [2.24, 2.45) is 0 Å². The van der Waals surface area contributed by atoms with Gasteiger partial charge in [0.25, 0.3) is 0 Å². The van der Waals surface area contributed by atoms with Crippen molar-refractivity contribution in [1.82, 2.24) is 10.2 Å². The van der Waals surface area contributed by atoms with Crippen molar-refractivity contribution < 1.29 is 26.8 Å². The third-order valence-electron chi connectivity index (χ3n) is 7.76. The van der Waals surface area contributed by atoms with E-state index >= 15 is 0 Å². The summed E-state index contributed by atoms with van der Waals surface area (Å²) in [6.45, 7) is 0.0840. The number of hydrogen-bond donors (Lipinski definition) is 1. The maximum absolute atomic E-state index is 13.9. The molecule has 43 heavy (non-hydrogen) atoms. The van der Waals surface area contributed by atoms with Gasteiger partial charge in [0.2, 0.25) is 21.8 Å². The van der Waals surface area contributed by atoms with E-state index in [1.54, 1.807) is 12.1 Å². The molecule has 1 saturated carbocycles. The first-order valence-corrected chi connectivity index (χ1v) is 16.6. The number of benzene rings is 3. The van der Waals surface area contributed by atoms with Gasteiger partial charge < -0.3 is 10.2 Å². The van der Waals surface area contributed by atoms with Crippen LogP contribution in [0.25, 0.3) is 0 Å². The van der Waals surface area contributed by atoms with Gasteiger partial charge in [-0.2, -0.15) is 0 Å². The normalized spacial score (nSPS) is 14.6. The number of carbonyl (C=O) groups is 2. The lowest BCUT2D eigenvalue weighted by molar-refractivity contribution is -0.141. The van der Waals surface area contributed by atoms with Crippen molar-refractivity contribution in [3.63, 3.8) is 0 Å². The van der Waals surface area contributed by atoms with E-state index in [9.17, 15) is 26.8 Å². The lowest BCUT2D eigenvalue weighted by Crippen LogP contribution is -2.52. The van der Waals surface area contributed by atoms with Crippen LogP contribution in [0.3, 0.4) is 0 Å². The summed E-state index contributed by atoms with van der Waals surface area (Å²) in [6, 6.07) is 19.6. The van der Waals surface area contributed by atoms with Gasteiger partial charge in [-0.1, -0.05) is 61.7 Å². The van der Waals surface area contributed by atoms with E-state index in [1.807, 2.05) is 30.3 Å². The molecular weight excluding hydrogens is 572 g/mol. The maximum atomic E-state index is 13.9. The van der Waals surface area contributed by atoms with Crippen molar-refractivity contribution in [3.8, 4) is 0 Å². The monoisotopic (exact) mass is 611 g/mol. The van der Waals surface area contributed by atoms with Gasteiger partial charge in [0, 0.05) is 32.0 Å². The Hall–Kier alpha value is -3.79. The Kier molecular flexibility index (Phi) is 11.3. The highest BCUT2D eigenvalue weighted by molar-refractivity contribution is 7.92. The lowest BCUT2D eigenvalue weighted by Gasteiger charge is -2.34. The van der Waals surface area contributed by atoms with Crippen molar-refractivity contribution in [3.05, 3.63) is 102 Å². The minimum atomic E-state index is -3.70. The number of hydrogen-bond acceptors (Lipinski definition) is 4. The van der Waals surface area contributed by atoms with Crippen LogP contribution in [-0.4, -0.2) is 50.0 Å². The molecule has 3 aromatic rings. The summed E-state index contributed by atoms with van der Waals surface area (Å²) in [5, 5.41) is 3.18. The smallest absolute Gasteiger partial charge is 0.243 e. The molecule has 0 saturated heterocycles. The van der Waals surface area contributed by atoms with E-state index in [2.05, 4.69) is 5.32 Å². The fourth-order valence-corrected chi connectivity index (χ4v) is 6.46. The molecule has 1 aliphatic rings. The first kappa shape index (κ1) is 32.1. The average Bonchev–Trinajstić information content (AvgIpc) is 2.99. The molecule has 0 spiro atoms. The third kappa shape index (κ3) is 9.61. The number of carbonyl (C=O) groups excluding carboxylic acids is 2. The predicted molar refractivity (Wildman–Crippen MR) is 164 cm³/mol. The van der Waals surface area contributed by atoms with Crippen LogP contribution in [0.15, 0.2) is 78.9 Å². The standard InChI is InChI=1S/C33H39F2N3O4S/c1-43(41,42)38(30-20-18-28(35)19-21-30)22-8-13-32(39)37(24-26-14-16-27(34)17-15-26)31(23-25-9-4-2-5-10-25)33(40)36-29-11-6-3-7-12-29/h2,4-5,9-10,14-21,29,31H,3,6-8,11-13,22-24H2,1H3,(H,36,40)/t31-/m1/s1. The quantitative estimate of drug-likeness (QED) is 0.273. The van der Waals surface area contributed by atoms with Gasteiger partial charge in [-0.25, -0.2) is 17.2 Å². The highest BCUT2D eigenvalue weighted by atomic mass is 32.2. The Morgan fingerprint density at radius 3 is 2.07 bits per heavy atom. The van der Waals surface area contributed by atoms with Crippen LogP contribution in [0.5, 0.6) is 0 Å². The summed E-state index contributed by atoms with van der Waals surface area (Å²) in [6.07, 6.45) is 6.48. The Balaban J connectivity index is 1.58. The number of rotatable bonds is 13. The van der Waals surface area contributed by atoms with Gasteiger partial charge >= 0.3 is 0 Å². The van der Waals surface area contributed by atoms with Crippen LogP contribution in [0.2, 0.25) is 0 Å². The first-order valence-electron chi connectivity index (χ1n) is 14.7. The molecule has 4 rings (SSSR count). The fraction of sp³-hybridized carbons (Fsp3) is 0.394. The van der Waals surface area contributed by atoms with Crippen LogP contribution in [0.4, 0.5) is 14.5 Å². The molecule has 0 heterocycles. The molecule has 1 atom stereocenters. The topological polar surface area (TPSA) is 86.8 Å². The van der Waals surface area contributed by atoms with Crippen LogP contribution in [-0.2, 0) is 32.6 Å². The van der Waals surface area contributed by atoms with E-state index in [-0.39, 0.29) is 50.2 Å². The van der Waals surface area contributed by atoms with Gasteiger partial charge in [-0.3, -0.25) is 13.9 Å². The van der Waals surface area contributed by atoms with Crippen LogP contribution in [0.1, 0.15) is 56.1 Å². The summed E-state index contributed by atoms with van der Waals surface area (Å²) in [7, 11) is -3.70. The largest absolute Gasteiger partial charge is 0.352 e. The first-order chi connectivity index (χ1) is 20.6. The molecular formula is C33H39F2N3O4S. The van der Waals surface area contributed by atoms with E-state index in [0.717, 1.165) is 48.2 Å². The molecule has 230 valence electrons. The second-order valence-corrected chi connectivity index (χ2v) is 13.0. The molecule has 1 N–H and O–H groups in total. The SMILES string of the molecule is CS(=O)(=O)N(CCCC(=O)N(Cc1ccc(F)cc1)[C@H](Cc1ccccc1)C(=O)NC1CCCCC1)c1ccc(F)cc1. The molecule has 1 fully saturated rings. The van der Waals surface area contributed by atoms with Crippen LogP contribution < -0.4 is 9.62 Å². The Labute approximate surface area is 252 Å². The molecule has 0 radical (unpaired) electrons. The van der Waals surface area contributed by atoms with E-state index in [4.69, 9.17) is 0 Å². The molecule has 0 bridgehead atoms. The van der Waals surface area contributed by atoms with Crippen LogP contribution in [0, 0.1) is 11.6 Å². The molecule has 0 aromatic heterocycles. The molecule has 0 aliphatic heterocycles. The highest BCUT2D eigenvalue weighted by Crippen LogP contribution is 2.22. The van der Waals surface area contributed by atoms with Gasteiger partial charge in [0.05, 0.1) is 11.9 Å². The second-order valence-electron chi connectivity index (χ2n) is 11.1. The molecule has 10 heteroatoms. The van der Waals surface area contributed by atoms with E-state index in [0.29, 0.717) is 11.3 Å². The summed E-state index contributed by atoms with van der Waals surface area (Å²) in [4.78, 5) is 29.3. The second kappa shape index (κ2) is 15.1. The fourth-order valence-electron chi connectivity index (χ4n) is 5.50. The number of anilines is 1. The van der Waals surface area contributed by atoms with Gasteiger partial charge in [0.1, 0.15) is 17.7 Å². The highest BCUT2D eigenvalue weighted by Gasteiger charge is 2.32. The minimum Gasteiger partial charge on any atom is -0.352 e. The van der Waals surface area contributed by atoms with Gasteiger partial charge in [-0.15, -0.1) is 0 Å². The minimum absolute atomic E-state index is 0.00177. The van der Waals surface area contributed by atoms with Crippen molar-refractivity contribution in [1.29, 1.82) is 0 Å². The average molecular weight is 612 g/mol.